The van der Waals surface area contributed by atoms with Gasteiger partial charge in [0.15, 0.2) is 18.9 Å². The number of hydrogen-bond donors (Lipinski definition) is 1. The molecule has 0 saturated carbocycles. The van der Waals surface area contributed by atoms with E-state index in [4.69, 9.17) is 0 Å². The molecule has 28 heteroatoms. The SMILES string of the molecule is FC(F)(F)c1cc([B-](c2cc(C(F)(F)F)cc(C(F)(F)F)c2)(c2cc(C(F)(F)F)cc(C(F)(F)F)c2)c2cc(C(F)(F)F)cc(C(F)(F)F)c2)cc(C(F)(F)F)c1.O=C(O)c1cccc2cc[n+](Cc3ccccc3)cc12. The fraction of sp³-hybridized carbons (Fsp3) is 0.184. The monoisotopic (exact) mass is 1130 g/mol. The number of aromatic nitrogens is 1. The van der Waals surface area contributed by atoms with E-state index < -0.39 is 201 Å². The Morgan fingerprint density at radius 3 is 0.922 bits per heavy atom. The molecule has 77 heavy (non-hydrogen) atoms. The molecule has 0 bridgehead atoms. The summed E-state index contributed by atoms with van der Waals surface area (Å²) < 4.78 is 343. The third kappa shape index (κ3) is 13.2. The molecule has 0 radical (unpaired) electrons. The lowest BCUT2D eigenvalue weighted by atomic mass is 9.12. The number of nitrogens with zero attached hydrogens (tertiary/aromatic N) is 1. The minimum Gasteiger partial charge on any atom is -0.478 e. The molecule has 0 amide bonds. The molecular weight excluding hydrogens is 1100 g/mol. The Balaban J connectivity index is 0.000000397. The molecule has 0 fully saturated rings. The van der Waals surface area contributed by atoms with Crippen LogP contribution in [0.3, 0.4) is 0 Å². The number of pyridine rings is 1. The Hall–Kier alpha value is -7.42. The van der Waals surface area contributed by atoms with Crippen LogP contribution in [-0.4, -0.2) is 17.2 Å². The zero-order valence-electron chi connectivity index (χ0n) is 37.4. The lowest BCUT2D eigenvalue weighted by Gasteiger charge is -2.46. The van der Waals surface area contributed by atoms with Gasteiger partial charge in [-0.25, -0.2) is 9.36 Å². The molecule has 0 atom stereocenters. The summed E-state index contributed by atoms with van der Waals surface area (Å²) in [7, 11) is 0. The van der Waals surface area contributed by atoms with Gasteiger partial charge in [-0.3, -0.25) is 0 Å². The summed E-state index contributed by atoms with van der Waals surface area (Å²) in [6.45, 7) is 0.727. The van der Waals surface area contributed by atoms with Crippen molar-refractivity contribution < 1.29 is 120 Å². The Bertz CT molecular complexity index is 2870. The van der Waals surface area contributed by atoms with Gasteiger partial charge in [0, 0.05) is 11.6 Å². The van der Waals surface area contributed by atoms with E-state index in [1.54, 1.807) is 12.1 Å². The van der Waals surface area contributed by atoms with Crippen molar-refractivity contribution in [1.82, 2.24) is 0 Å². The highest BCUT2D eigenvalue weighted by Gasteiger charge is 2.47. The normalized spacial score (nSPS) is 13.4. The molecule has 0 unspecified atom stereocenters. The summed E-state index contributed by atoms with van der Waals surface area (Å²) in [4.78, 5) is 11.3. The summed E-state index contributed by atoms with van der Waals surface area (Å²) in [5.74, 6) is -0.895. The molecule has 0 saturated heterocycles. The summed E-state index contributed by atoms with van der Waals surface area (Å²) >= 11 is 0. The first-order valence-electron chi connectivity index (χ1n) is 21.0. The maximum Gasteiger partial charge on any atom is 0.416 e. The lowest BCUT2D eigenvalue weighted by molar-refractivity contribution is -0.687. The highest BCUT2D eigenvalue weighted by Crippen LogP contribution is 2.41. The van der Waals surface area contributed by atoms with Crippen LogP contribution in [-0.2, 0) is 56.0 Å². The Labute approximate surface area is 415 Å². The molecule has 7 rings (SSSR count). The van der Waals surface area contributed by atoms with Crippen LogP contribution in [0.5, 0.6) is 0 Å². The highest BCUT2D eigenvalue weighted by molar-refractivity contribution is 7.20. The van der Waals surface area contributed by atoms with E-state index in [1.807, 2.05) is 47.3 Å². The molecular formula is C49H26BF24NO2. The number of carboxylic acid groups (broad SMARTS) is 1. The first kappa shape index (κ1) is 58.8. The van der Waals surface area contributed by atoms with Crippen molar-refractivity contribution in [3.05, 3.63) is 195 Å². The van der Waals surface area contributed by atoms with E-state index in [9.17, 15) is 115 Å². The van der Waals surface area contributed by atoms with Crippen LogP contribution in [0.1, 0.15) is 60.4 Å². The van der Waals surface area contributed by atoms with E-state index >= 15 is 0 Å². The van der Waals surface area contributed by atoms with Gasteiger partial charge in [-0.05, 0) is 35.7 Å². The van der Waals surface area contributed by atoms with Crippen LogP contribution in [0.2, 0.25) is 0 Å². The van der Waals surface area contributed by atoms with Gasteiger partial charge >= 0.3 is 55.4 Å². The average molecular weight is 1130 g/mol. The zero-order chi connectivity index (χ0) is 57.9. The summed E-state index contributed by atoms with van der Waals surface area (Å²) in [6.07, 6.45) is -50.9. The third-order valence-electron chi connectivity index (χ3n) is 11.8. The molecule has 7 aromatic rings. The number of rotatable bonds is 7. The van der Waals surface area contributed by atoms with Crippen LogP contribution in [0.25, 0.3) is 10.8 Å². The van der Waals surface area contributed by atoms with E-state index in [1.165, 1.54) is 5.56 Å². The molecule has 0 aliphatic carbocycles. The minimum atomic E-state index is -6.13. The number of fused-ring (bicyclic) bond motifs is 1. The van der Waals surface area contributed by atoms with E-state index in [-0.39, 0.29) is 0 Å². The quantitative estimate of drug-likeness (QED) is 0.0982. The largest absolute Gasteiger partial charge is 0.478 e. The van der Waals surface area contributed by atoms with Crippen molar-refractivity contribution in [3.63, 3.8) is 0 Å². The van der Waals surface area contributed by atoms with Crippen molar-refractivity contribution in [1.29, 1.82) is 0 Å². The topological polar surface area (TPSA) is 41.2 Å². The van der Waals surface area contributed by atoms with Gasteiger partial charge in [0.05, 0.1) is 55.5 Å². The van der Waals surface area contributed by atoms with Crippen LogP contribution < -0.4 is 26.4 Å². The summed E-state index contributed by atoms with van der Waals surface area (Å²) in [6, 6.07) is 8.57. The number of hydrogen-bond acceptors (Lipinski definition) is 1. The highest BCUT2D eigenvalue weighted by atomic mass is 19.4. The van der Waals surface area contributed by atoms with Gasteiger partial charge in [-0.1, -0.05) is 91.0 Å². The molecule has 1 aromatic heterocycles. The Morgan fingerprint density at radius 1 is 0.377 bits per heavy atom. The predicted molar refractivity (Wildman–Crippen MR) is 227 cm³/mol. The number of aromatic carboxylic acids is 1. The summed E-state index contributed by atoms with van der Waals surface area (Å²) in [5.41, 5.74) is -28.7. The second-order valence-electron chi connectivity index (χ2n) is 16.9. The molecule has 0 aliphatic rings. The minimum absolute atomic E-state index is 0.338. The van der Waals surface area contributed by atoms with Crippen LogP contribution in [0.4, 0.5) is 105 Å². The third-order valence-corrected chi connectivity index (χ3v) is 11.8. The molecule has 1 N–H and O–H groups in total. The summed E-state index contributed by atoms with van der Waals surface area (Å²) in [5, 5.41) is 11.0. The van der Waals surface area contributed by atoms with Crippen LogP contribution in [0, 0.1) is 0 Å². The standard InChI is InChI=1S/C32H12BF24.C17H13NO2/c34-25(35,36)13-1-14(26(37,38)39)6-21(5-13)33(22-7-15(27(40,41)42)2-16(8-22)28(43,44)45,23-9-17(29(46,47)48)3-18(10-23)30(49,50)51)24-11-19(31(52,53)54)4-20(12-24)32(55,56)57;19-17(20)15-8-4-7-14-9-10-18(12-16(14)15)11-13-5-2-1-3-6-13/h1-12H;1-10,12H,11H2/q-1;/p+1. The Kier molecular flexibility index (Phi) is 15.4. The van der Waals surface area contributed by atoms with Gasteiger partial charge < -0.3 is 5.11 Å². The molecule has 410 valence electrons. The average Bonchev–Trinajstić information content (AvgIpc) is 3.29. The smallest absolute Gasteiger partial charge is 0.416 e. The van der Waals surface area contributed by atoms with Crippen molar-refractivity contribution >= 4 is 44.7 Å². The van der Waals surface area contributed by atoms with Crippen molar-refractivity contribution in [2.45, 2.75) is 56.0 Å². The number of alkyl halides is 24. The zero-order valence-corrected chi connectivity index (χ0v) is 37.4. The van der Waals surface area contributed by atoms with Crippen LogP contribution in [0.15, 0.2) is 140 Å². The van der Waals surface area contributed by atoms with Gasteiger partial charge in [-0.15, -0.1) is 0 Å². The number of benzene rings is 6. The first-order chi connectivity index (χ1) is 35.0. The molecule has 0 spiro atoms. The number of carboxylic acids is 1. The maximum atomic E-state index is 14.2. The van der Waals surface area contributed by atoms with Gasteiger partial charge in [0.25, 0.3) is 0 Å². The molecule has 3 nitrogen and oxygen atoms in total. The fourth-order valence-corrected chi connectivity index (χ4v) is 8.41. The lowest BCUT2D eigenvalue weighted by Crippen LogP contribution is -2.75. The van der Waals surface area contributed by atoms with Crippen molar-refractivity contribution in [2.75, 3.05) is 0 Å². The molecule has 6 aromatic carbocycles. The second-order valence-corrected chi connectivity index (χ2v) is 16.9. The first-order valence-corrected chi connectivity index (χ1v) is 21.0. The number of halogens is 24. The van der Waals surface area contributed by atoms with E-state index in [2.05, 4.69) is 12.1 Å². The van der Waals surface area contributed by atoms with Gasteiger partial charge in [0.2, 0.25) is 0 Å². The second kappa shape index (κ2) is 20.2. The van der Waals surface area contributed by atoms with E-state index in [0.29, 0.717) is 5.56 Å². The maximum absolute atomic E-state index is 14.2. The number of carbonyl (C=O) groups is 1. The van der Waals surface area contributed by atoms with Gasteiger partial charge in [0.1, 0.15) is 6.15 Å². The molecule has 1 heterocycles. The molecule has 0 aliphatic heterocycles. The van der Waals surface area contributed by atoms with Crippen molar-refractivity contribution in [3.8, 4) is 0 Å². The fourth-order valence-electron chi connectivity index (χ4n) is 8.41. The van der Waals surface area contributed by atoms with E-state index in [0.717, 1.165) is 17.3 Å². The Morgan fingerprint density at radius 2 is 0.662 bits per heavy atom. The van der Waals surface area contributed by atoms with Crippen LogP contribution >= 0.6 is 0 Å². The predicted octanol–water partition coefficient (Wildman–Crippen LogP) is 14.1. The van der Waals surface area contributed by atoms with Crippen molar-refractivity contribution in [2.24, 2.45) is 0 Å². The van der Waals surface area contributed by atoms with Gasteiger partial charge in [-0.2, -0.15) is 127 Å².